The van der Waals surface area contributed by atoms with Crippen molar-refractivity contribution in [2.24, 2.45) is 4.99 Å². The van der Waals surface area contributed by atoms with Crippen molar-refractivity contribution in [3.05, 3.63) is 82.4 Å². The number of carbonyl (C=O) groups excluding carboxylic acids is 2. The summed E-state index contributed by atoms with van der Waals surface area (Å²) in [7, 11) is 0. The second kappa shape index (κ2) is 10.9. The number of nitrogens with one attached hydrogen (secondary N) is 1. The summed E-state index contributed by atoms with van der Waals surface area (Å²) in [6.45, 7) is -2.98. The highest BCUT2D eigenvalue weighted by molar-refractivity contribution is 8.14. The SMILES string of the molecule is O=C(CSC1=NC(=Cc2ccco2)C(=O)N1c1ccc(OC(F)F)cc1)Nc1cc(Cl)ccc1Cl. The molecule has 0 aliphatic carbocycles. The van der Waals surface area contributed by atoms with Gasteiger partial charge in [-0.25, -0.2) is 4.99 Å². The van der Waals surface area contributed by atoms with Crippen molar-refractivity contribution in [1.82, 2.24) is 0 Å². The van der Waals surface area contributed by atoms with Crippen molar-refractivity contribution in [3.8, 4) is 5.75 Å². The Balaban J connectivity index is 1.55. The molecule has 0 spiro atoms. The van der Waals surface area contributed by atoms with E-state index >= 15 is 0 Å². The van der Waals surface area contributed by atoms with Crippen molar-refractivity contribution in [1.29, 1.82) is 0 Å². The van der Waals surface area contributed by atoms with Crippen molar-refractivity contribution in [2.45, 2.75) is 6.61 Å². The summed E-state index contributed by atoms with van der Waals surface area (Å²) >= 11 is 13.0. The van der Waals surface area contributed by atoms with Gasteiger partial charge in [0.2, 0.25) is 5.91 Å². The lowest BCUT2D eigenvalue weighted by Crippen LogP contribution is -2.31. The zero-order valence-electron chi connectivity index (χ0n) is 17.6. The maximum atomic E-state index is 13.1. The van der Waals surface area contributed by atoms with Gasteiger partial charge in [0.1, 0.15) is 17.2 Å². The van der Waals surface area contributed by atoms with Gasteiger partial charge < -0.3 is 14.5 Å². The highest BCUT2D eigenvalue weighted by atomic mass is 35.5. The fraction of sp³-hybridized carbons (Fsp3) is 0.0870. The molecular formula is C23H15Cl2F2N3O4S. The number of nitrogens with zero attached hydrogens (tertiary/aromatic N) is 2. The minimum absolute atomic E-state index is 0.0642. The van der Waals surface area contributed by atoms with Gasteiger partial charge in [0.15, 0.2) is 5.17 Å². The number of thioether (sulfide) groups is 1. The van der Waals surface area contributed by atoms with Crippen LogP contribution in [0.15, 0.2) is 76.0 Å². The van der Waals surface area contributed by atoms with E-state index in [0.29, 0.717) is 27.2 Å². The first kappa shape index (κ1) is 24.8. The number of hydrogen-bond acceptors (Lipinski definition) is 6. The zero-order valence-corrected chi connectivity index (χ0v) is 19.9. The molecule has 3 aromatic rings. The van der Waals surface area contributed by atoms with Gasteiger partial charge in [0, 0.05) is 11.1 Å². The molecule has 1 N–H and O–H groups in total. The number of ether oxygens (including phenoxy) is 1. The lowest BCUT2D eigenvalue weighted by Gasteiger charge is -2.18. The molecule has 7 nitrogen and oxygen atoms in total. The molecule has 0 bridgehead atoms. The minimum Gasteiger partial charge on any atom is -0.465 e. The molecule has 180 valence electrons. The highest BCUT2D eigenvalue weighted by Crippen LogP contribution is 2.31. The standard InChI is InChI=1S/C23H15Cl2F2N3O4S/c24-13-3-8-17(25)18(10-13)28-20(31)12-35-23-29-19(11-16-2-1-9-33-16)21(32)30(23)14-4-6-15(7-5-14)34-22(26)27/h1-11,22H,12H2,(H,28,31). The molecule has 1 aliphatic heterocycles. The van der Waals surface area contributed by atoms with Gasteiger partial charge >= 0.3 is 6.61 Å². The van der Waals surface area contributed by atoms with Gasteiger partial charge in [-0.2, -0.15) is 8.78 Å². The van der Waals surface area contributed by atoms with Crippen LogP contribution < -0.4 is 15.0 Å². The summed E-state index contributed by atoms with van der Waals surface area (Å²) < 4.78 is 34.6. The third-order valence-electron chi connectivity index (χ3n) is 4.51. The number of rotatable bonds is 7. The molecule has 0 saturated carbocycles. The van der Waals surface area contributed by atoms with Crippen LogP contribution in [0.5, 0.6) is 5.75 Å². The molecule has 2 aromatic carbocycles. The number of furan rings is 1. The number of carbonyl (C=O) groups is 2. The number of amides is 2. The molecule has 4 rings (SSSR count). The van der Waals surface area contributed by atoms with Gasteiger partial charge in [-0.15, -0.1) is 0 Å². The van der Waals surface area contributed by atoms with E-state index in [9.17, 15) is 18.4 Å². The molecule has 2 heterocycles. The van der Waals surface area contributed by atoms with Crippen LogP contribution in [0, 0.1) is 0 Å². The van der Waals surface area contributed by atoms with Crippen molar-refractivity contribution < 1.29 is 27.5 Å². The molecule has 0 fully saturated rings. The number of halogens is 4. The first-order valence-corrected chi connectivity index (χ1v) is 11.7. The number of benzene rings is 2. The highest BCUT2D eigenvalue weighted by Gasteiger charge is 2.32. The molecule has 0 atom stereocenters. The third kappa shape index (κ3) is 6.21. The summed E-state index contributed by atoms with van der Waals surface area (Å²) in [4.78, 5) is 31.3. The van der Waals surface area contributed by atoms with Crippen LogP contribution in [-0.4, -0.2) is 29.3 Å². The molecule has 12 heteroatoms. The summed E-state index contributed by atoms with van der Waals surface area (Å²) in [6, 6.07) is 13.5. The van der Waals surface area contributed by atoms with E-state index in [4.69, 9.17) is 27.6 Å². The van der Waals surface area contributed by atoms with E-state index in [1.54, 1.807) is 24.3 Å². The Morgan fingerprint density at radius 2 is 1.97 bits per heavy atom. The van der Waals surface area contributed by atoms with E-state index in [-0.39, 0.29) is 22.4 Å². The Labute approximate surface area is 212 Å². The van der Waals surface area contributed by atoms with Crippen molar-refractivity contribution in [2.75, 3.05) is 16.0 Å². The Morgan fingerprint density at radius 1 is 1.20 bits per heavy atom. The normalized spacial score (nSPS) is 14.5. The van der Waals surface area contributed by atoms with Crippen LogP contribution in [-0.2, 0) is 9.59 Å². The number of anilines is 2. The average Bonchev–Trinajstić information content (AvgIpc) is 3.43. The van der Waals surface area contributed by atoms with Gasteiger partial charge in [-0.05, 0) is 54.6 Å². The summed E-state index contributed by atoms with van der Waals surface area (Å²) in [5, 5.41) is 3.59. The van der Waals surface area contributed by atoms with Gasteiger partial charge in [-0.1, -0.05) is 35.0 Å². The Morgan fingerprint density at radius 3 is 2.66 bits per heavy atom. The second-order valence-electron chi connectivity index (χ2n) is 6.91. The minimum atomic E-state index is -2.98. The molecule has 35 heavy (non-hydrogen) atoms. The van der Waals surface area contributed by atoms with E-state index in [0.717, 1.165) is 11.8 Å². The summed E-state index contributed by atoms with van der Waals surface area (Å²) in [5.41, 5.74) is 0.775. The largest absolute Gasteiger partial charge is 0.465 e. The first-order valence-electron chi connectivity index (χ1n) is 9.91. The fourth-order valence-corrected chi connectivity index (χ4v) is 4.16. The maximum Gasteiger partial charge on any atom is 0.387 e. The number of amidine groups is 1. The van der Waals surface area contributed by atoms with Crippen LogP contribution >= 0.6 is 35.0 Å². The van der Waals surface area contributed by atoms with Crippen molar-refractivity contribution >= 4 is 69.4 Å². The maximum absolute atomic E-state index is 13.1. The molecule has 0 saturated heterocycles. The summed E-state index contributed by atoms with van der Waals surface area (Å²) in [6.07, 6.45) is 2.92. The molecule has 0 unspecified atom stereocenters. The predicted octanol–water partition coefficient (Wildman–Crippen LogP) is 6.30. The van der Waals surface area contributed by atoms with Gasteiger partial charge in [-0.3, -0.25) is 14.5 Å². The molecule has 0 radical (unpaired) electrons. The Bertz CT molecular complexity index is 1300. The van der Waals surface area contributed by atoms with Crippen LogP contribution in [0.3, 0.4) is 0 Å². The monoisotopic (exact) mass is 537 g/mol. The topological polar surface area (TPSA) is 84.1 Å². The predicted molar refractivity (Wildman–Crippen MR) is 132 cm³/mol. The third-order valence-corrected chi connectivity index (χ3v) is 6.01. The Kier molecular flexibility index (Phi) is 7.74. The second-order valence-corrected chi connectivity index (χ2v) is 8.70. The molecule has 1 aliphatic rings. The first-order chi connectivity index (χ1) is 16.8. The fourth-order valence-electron chi connectivity index (χ4n) is 3.02. The van der Waals surface area contributed by atoms with E-state index in [1.807, 2.05) is 0 Å². The Hall–Kier alpha value is -3.34. The van der Waals surface area contributed by atoms with E-state index in [1.165, 1.54) is 47.6 Å². The smallest absolute Gasteiger partial charge is 0.387 e. The number of aliphatic imine (C=N–C) groups is 1. The van der Waals surface area contributed by atoms with Gasteiger partial charge in [0.05, 0.1) is 28.4 Å². The zero-order chi connectivity index (χ0) is 24.9. The van der Waals surface area contributed by atoms with Crippen LogP contribution in [0.4, 0.5) is 20.2 Å². The average molecular weight is 538 g/mol. The lowest BCUT2D eigenvalue weighted by molar-refractivity contribution is -0.114. The quantitative estimate of drug-likeness (QED) is 0.357. The number of hydrogen-bond donors (Lipinski definition) is 1. The van der Waals surface area contributed by atoms with Crippen LogP contribution in [0.2, 0.25) is 10.0 Å². The summed E-state index contributed by atoms with van der Waals surface area (Å²) in [5.74, 6) is -0.641. The van der Waals surface area contributed by atoms with Crippen LogP contribution in [0.1, 0.15) is 5.76 Å². The van der Waals surface area contributed by atoms with Crippen molar-refractivity contribution in [3.63, 3.8) is 0 Å². The lowest BCUT2D eigenvalue weighted by atomic mass is 10.2. The van der Waals surface area contributed by atoms with E-state index < -0.39 is 18.4 Å². The van der Waals surface area contributed by atoms with Crippen LogP contribution in [0.25, 0.3) is 6.08 Å². The van der Waals surface area contributed by atoms with Gasteiger partial charge in [0.25, 0.3) is 5.91 Å². The van der Waals surface area contributed by atoms with E-state index in [2.05, 4.69) is 15.0 Å². The molecular weight excluding hydrogens is 523 g/mol. The molecule has 1 aromatic heterocycles. The molecule has 2 amide bonds. The number of alkyl halides is 2.